The number of aliphatic imine (C=N–C) groups is 1. The van der Waals surface area contributed by atoms with Crippen molar-refractivity contribution in [2.24, 2.45) is 4.99 Å². The van der Waals surface area contributed by atoms with Gasteiger partial charge in [-0.2, -0.15) is 0 Å². The summed E-state index contributed by atoms with van der Waals surface area (Å²) in [5.74, 6) is 0.903. The van der Waals surface area contributed by atoms with Gasteiger partial charge in [0.1, 0.15) is 9.84 Å². The predicted octanol–water partition coefficient (Wildman–Crippen LogP) is 3.27. The lowest BCUT2D eigenvalue weighted by Gasteiger charge is -2.26. The van der Waals surface area contributed by atoms with Crippen LogP contribution in [-0.4, -0.2) is 45.5 Å². The quantitative estimate of drug-likeness (QED) is 0.330. The van der Waals surface area contributed by atoms with Crippen molar-refractivity contribution >= 4 is 39.8 Å². The molecule has 0 saturated heterocycles. The maximum absolute atomic E-state index is 11.3. The molecule has 150 valence electrons. The van der Waals surface area contributed by atoms with Crippen LogP contribution in [0.25, 0.3) is 0 Å². The van der Waals surface area contributed by atoms with Gasteiger partial charge >= 0.3 is 0 Å². The molecule has 5 nitrogen and oxygen atoms in total. The zero-order chi connectivity index (χ0) is 19.1. The molecule has 0 aromatic heterocycles. The molecule has 26 heavy (non-hydrogen) atoms. The summed E-state index contributed by atoms with van der Waals surface area (Å²) in [6.45, 7) is 11.9. The molecule has 0 aliphatic carbocycles. The number of sulfone groups is 1. The van der Waals surface area contributed by atoms with Gasteiger partial charge in [0.2, 0.25) is 0 Å². The van der Waals surface area contributed by atoms with Gasteiger partial charge in [-0.15, -0.1) is 24.0 Å². The molecule has 7 heteroatoms. The van der Waals surface area contributed by atoms with E-state index in [2.05, 4.69) is 49.6 Å². The largest absolute Gasteiger partial charge is 0.357 e. The van der Waals surface area contributed by atoms with Gasteiger partial charge in [0.05, 0.1) is 12.3 Å². The van der Waals surface area contributed by atoms with Crippen LogP contribution in [0.3, 0.4) is 0 Å². The molecule has 1 aromatic carbocycles. The van der Waals surface area contributed by atoms with Crippen LogP contribution in [-0.2, 0) is 15.3 Å². The standard InChI is InChI=1S/C19H33N3O2S.HI/c1-7-20-18(22-16(3)12-13-25(6,23)24)21-14-19(4,5)17-11-9-8-10-15(17)2;/h8-11,16H,7,12-14H2,1-6H3,(H2,20,21,22);1H. The van der Waals surface area contributed by atoms with E-state index in [1.165, 1.54) is 17.4 Å². The van der Waals surface area contributed by atoms with Crippen molar-refractivity contribution in [2.75, 3.05) is 25.1 Å². The number of hydrogen-bond donors (Lipinski definition) is 2. The highest BCUT2D eigenvalue weighted by Gasteiger charge is 2.22. The number of nitrogens with one attached hydrogen (secondary N) is 2. The van der Waals surface area contributed by atoms with E-state index < -0.39 is 9.84 Å². The van der Waals surface area contributed by atoms with Crippen molar-refractivity contribution in [3.63, 3.8) is 0 Å². The fourth-order valence-corrected chi connectivity index (χ4v) is 3.49. The first-order chi connectivity index (χ1) is 11.5. The molecule has 0 bridgehead atoms. The minimum Gasteiger partial charge on any atom is -0.357 e. The Morgan fingerprint density at radius 1 is 1.27 bits per heavy atom. The average Bonchev–Trinajstić information content (AvgIpc) is 2.50. The zero-order valence-corrected chi connectivity index (χ0v) is 19.9. The molecular weight excluding hydrogens is 461 g/mol. The highest BCUT2D eigenvalue weighted by atomic mass is 127. The monoisotopic (exact) mass is 495 g/mol. The van der Waals surface area contributed by atoms with Crippen LogP contribution in [0.1, 0.15) is 45.2 Å². The first kappa shape index (κ1) is 25.2. The first-order valence-corrected chi connectivity index (χ1v) is 10.9. The number of rotatable bonds is 8. The van der Waals surface area contributed by atoms with Crippen LogP contribution in [0.2, 0.25) is 0 Å². The molecule has 2 N–H and O–H groups in total. The summed E-state index contributed by atoms with van der Waals surface area (Å²) >= 11 is 0. The van der Waals surface area contributed by atoms with E-state index in [9.17, 15) is 8.42 Å². The van der Waals surface area contributed by atoms with Crippen LogP contribution < -0.4 is 10.6 Å². The number of nitrogens with zero attached hydrogens (tertiary/aromatic N) is 1. The van der Waals surface area contributed by atoms with E-state index in [1.807, 2.05) is 19.9 Å². The highest BCUT2D eigenvalue weighted by molar-refractivity contribution is 14.0. The van der Waals surface area contributed by atoms with Crippen LogP contribution in [0, 0.1) is 6.92 Å². The molecule has 1 atom stereocenters. The summed E-state index contributed by atoms with van der Waals surface area (Å²) in [4.78, 5) is 4.73. The van der Waals surface area contributed by atoms with Crippen molar-refractivity contribution in [3.8, 4) is 0 Å². The molecule has 1 rings (SSSR count). The van der Waals surface area contributed by atoms with Gasteiger partial charge in [0, 0.05) is 24.3 Å². The lowest BCUT2D eigenvalue weighted by atomic mass is 9.82. The second-order valence-corrected chi connectivity index (χ2v) is 9.62. The SMILES string of the molecule is CCNC(=NCC(C)(C)c1ccccc1C)NC(C)CCS(C)(=O)=O.I. The van der Waals surface area contributed by atoms with Gasteiger partial charge in [0.25, 0.3) is 0 Å². The summed E-state index contributed by atoms with van der Waals surface area (Å²) in [6.07, 6.45) is 1.83. The van der Waals surface area contributed by atoms with Crippen molar-refractivity contribution in [1.29, 1.82) is 0 Å². The Morgan fingerprint density at radius 3 is 2.42 bits per heavy atom. The van der Waals surface area contributed by atoms with E-state index in [1.54, 1.807) is 0 Å². The molecular formula is C19H34IN3O2S. The van der Waals surface area contributed by atoms with Crippen LogP contribution >= 0.6 is 24.0 Å². The normalized spacial score (nSPS) is 13.7. The smallest absolute Gasteiger partial charge is 0.191 e. The molecule has 0 heterocycles. The fraction of sp³-hybridized carbons (Fsp3) is 0.632. The van der Waals surface area contributed by atoms with Crippen molar-refractivity contribution in [2.45, 2.75) is 52.5 Å². The van der Waals surface area contributed by atoms with E-state index in [-0.39, 0.29) is 41.2 Å². The van der Waals surface area contributed by atoms with E-state index >= 15 is 0 Å². The highest BCUT2D eigenvalue weighted by Crippen LogP contribution is 2.26. The molecule has 1 aromatic rings. The minimum absolute atomic E-state index is 0. The van der Waals surface area contributed by atoms with Gasteiger partial charge in [-0.1, -0.05) is 38.1 Å². The van der Waals surface area contributed by atoms with Gasteiger partial charge in [-0.3, -0.25) is 4.99 Å². The fourth-order valence-electron chi connectivity index (χ4n) is 2.71. The first-order valence-electron chi connectivity index (χ1n) is 8.84. The summed E-state index contributed by atoms with van der Waals surface area (Å²) in [5.41, 5.74) is 2.48. The van der Waals surface area contributed by atoms with E-state index in [0.717, 1.165) is 12.5 Å². The van der Waals surface area contributed by atoms with Gasteiger partial charge in [-0.05, 0) is 38.3 Å². The summed E-state index contributed by atoms with van der Waals surface area (Å²) in [6, 6.07) is 8.42. The Kier molecular flexibility index (Phi) is 10.8. The number of guanidine groups is 1. The van der Waals surface area contributed by atoms with Crippen molar-refractivity contribution < 1.29 is 8.42 Å². The van der Waals surface area contributed by atoms with Crippen LogP contribution in [0.5, 0.6) is 0 Å². The average molecular weight is 495 g/mol. The Hall–Kier alpha value is -0.830. The Labute approximate surface area is 176 Å². The molecule has 0 saturated carbocycles. The third-order valence-corrected chi connectivity index (χ3v) is 5.13. The van der Waals surface area contributed by atoms with Crippen molar-refractivity contribution in [1.82, 2.24) is 10.6 Å². The third-order valence-electron chi connectivity index (χ3n) is 4.16. The van der Waals surface area contributed by atoms with Gasteiger partial charge in [-0.25, -0.2) is 8.42 Å². The second kappa shape index (κ2) is 11.1. The van der Waals surface area contributed by atoms with Crippen LogP contribution in [0.15, 0.2) is 29.3 Å². The molecule has 0 aliphatic rings. The number of benzene rings is 1. The zero-order valence-electron chi connectivity index (χ0n) is 16.8. The molecule has 0 radical (unpaired) electrons. The molecule has 0 amide bonds. The molecule has 0 fully saturated rings. The maximum atomic E-state index is 11.3. The van der Waals surface area contributed by atoms with E-state index in [0.29, 0.717) is 13.0 Å². The minimum atomic E-state index is -2.94. The third kappa shape index (κ3) is 9.21. The number of halogens is 1. The lowest BCUT2D eigenvalue weighted by molar-refractivity contribution is 0.530. The maximum Gasteiger partial charge on any atom is 0.191 e. The Bertz CT molecular complexity index is 688. The Balaban J connectivity index is 0.00000625. The summed E-state index contributed by atoms with van der Waals surface area (Å²) in [7, 11) is -2.94. The number of hydrogen-bond acceptors (Lipinski definition) is 3. The molecule has 0 spiro atoms. The lowest BCUT2D eigenvalue weighted by Crippen LogP contribution is -2.43. The Morgan fingerprint density at radius 2 is 1.88 bits per heavy atom. The second-order valence-electron chi connectivity index (χ2n) is 7.36. The molecule has 0 aliphatic heterocycles. The van der Waals surface area contributed by atoms with E-state index in [4.69, 9.17) is 4.99 Å². The summed E-state index contributed by atoms with van der Waals surface area (Å²) < 4.78 is 22.6. The van der Waals surface area contributed by atoms with Gasteiger partial charge < -0.3 is 10.6 Å². The van der Waals surface area contributed by atoms with Crippen LogP contribution in [0.4, 0.5) is 0 Å². The predicted molar refractivity (Wildman–Crippen MR) is 123 cm³/mol. The van der Waals surface area contributed by atoms with Crippen molar-refractivity contribution in [3.05, 3.63) is 35.4 Å². The number of aryl methyl sites for hydroxylation is 1. The summed E-state index contributed by atoms with van der Waals surface area (Å²) in [5, 5.41) is 6.54. The molecule has 1 unspecified atom stereocenters. The topological polar surface area (TPSA) is 70.6 Å². The van der Waals surface area contributed by atoms with Gasteiger partial charge in [0.15, 0.2) is 5.96 Å².